The van der Waals surface area contributed by atoms with Crippen LogP contribution in [0.15, 0.2) is 41.3 Å². The van der Waals surface area contributed by atoms with Gasteiger partial charge in [0, 0.05) is 50.1 Å². The Morgan fingerprint density at radius 2 is 1.26 bits per heavy atom. The summed E-state index contributed by atoms with van der Waals surface area (Å²) in [5.41, 5.74) is 11.4. The largest absolute Gasteiger partial charge is 0.398 e. The molecule has 0 aromatic heterocycles. The van der Waals surface area contributed by atoms with Crippen LogP contribution in [-0.4, -0.2) is 28.2 Å². The molecule has 0 heterocycles. The lowest BCUT2D eigenvalue weighted by Gasteiger charge is -2.13. The number of nitrogen functional groups attached to an aromatic ring is 1. The van der Waals surface area contributed by atoms with E-state index >= 15 is 0 Å². The van der Waals surface area contributed by atoms with Crippen molar-refractivity contribution in [3.05, 3.63) is 47.5 Å². The first-order chi connectivity index (χ1) is 10.2. The van der Waals surface area contributed by atoms with Gasteiger partial charge < -0.3 is 15.5 Å². The van der Waals surface area contributed by atoms with Gasteiger partial charge in [0.05, 0.1) is 0 Å². The van der Waals surface area contributed by atoms with Gasteiger partial charge >= 0.3 is 0 Å². The number of nitrogens with zero attached hydrogens (tertiary/aromatic N) is 2. The fourth-order valence-corrected chi connectivity index (χ4v) is 2.02. The molecule has 0 unspecified atom stereocenters. The second-order valence-electron chi connectivity index (χ2n) is 5.80. The van der Waals surface area contributed by atoms with Gasteiger partial charge in [0.2, 0.25) is 0 Å². The van der Waals surface area contributed by atoms with Crippen molar-refractivity contribution in [2.45, 2.75) is 26.2 Å². The van der Waals surface area contributed by atoms with E-state index in [1.54, 1.807) is 0 Å². The third kappa shape index (κ3) is 6.45. The average Bonchev–Trinajstić information content (AvgIpc) is 2.45. The van der Waals surface area contributed by atoms with Crippen molar-refractivity contribution < 1.29 is 0 Å². The van der Waals surface area contributed by atoms with Crippen molar-refractivity contribution in [1.29, 1.82) is 0 Å². The minimum absolute atomic E-state index is 0. The third-order valence-electron chi connectivity index (χ3n) is 3.54. The van der Waals surface area contributed by atoms with Crippen molar-refractivity contribution in [1.82, 2.24) is 0 Å². The molecular formula is C19H31N3S. The van der Waals surface area contributed by atoms with E-state index in [2.05, 4.69) is 63.7 Å². The molecule has 0 bridgehead atoms. The first-order valence-electron chi connectivity index (χ1n) is 7.22. The SMILES string of the molecule is C.CN(C)c1ccc(N)c(S)c1.Cc1ccc(N(C)C)cc1C. The smallest absolute Gasteiger partial charge is 0.0451 e. The zero-order chi connectivity index (χ0) is 16.9. The highest BCUT2D eigenvalue weighted by molar-refractivity contribution is 7.80. The number of hydrogen-bond acceptors (Lipinski definition) is 4. The molecule has 0 amide bonds. The van der Waals surface area contributed by atoms with Crippen LogP contribution in [-0.2, 0) is 0 Å². The Balaban J connectivity index is 0.000000403. The van der Waals surface area contributed by atoms with Crippen molar-refractivity contribution in [3.8, 4) is 0 Å². The zero-order valence-electron chi connectivity index (χ0n) is 14.4. The van der Waals surface area contributed by atoms with Crippen LogP contribution in [0.1, 0.15) is 18.6 Å². The van der Waals surface area contributed by atoms with Gasteiger partial charge in [0.1, 0.15) is 0 Å². The number of anilines is 3. The van der Waals surface area contributed by atoms with Gasteiger partial charge in [-0.1, -0.05) is 13.5 Å². The average molecular weight is 334 g/mol. The molecule has 4 heteroatoms. The highest BCUT2D eigenvalue weighted by Gasteiger charge is 1.98. The van der Waals surface area contributed by atoms with E-state index in [4.69, 9.17) is 5.73 Å². The van der Waals surface area contributed by atoms with Gasteiger partial charge in [0.25, 0.3) is 0 Å². The van der Waals surface area contributed by atoms with E-state index in [0.717, 1.165) is 16.3 Å². The first kappa shape index (κ1) is 21.2. The normalized spacial score (nSPS) is 9.35. The van der Waals surface area contributed by atoms with Crippen molar-refractivity contribution >= 4 is 29.7 Å². The molecule has 0 saturated heterocycles. The summed E-state index contributed by atoms with van der Waals surface area (Å²) in [5.74, 6) is 0. The van der Waals surface area contributed by atoms with E-state index in [1.165, 1.54) is 16.8 Å². The van der Waals surface area contributed by atoms with Crippen molar-refractivity contribution in [3.63, 3.8) is 0 Å². The van der Waals surface area contributed by atoms with Crippen LogP contribution in [0.25, 0.3) is 0 Å². The van der Waals surface area contributed by atoms with Gasteiger partial charge in [-0.3, -0.25) is 0 Å². The fraction of sp³-hybridized carbons (Fsp3) is 0.368. The molecular weight excluding hydrogens is 302 g/mol. The second kappa shape index (κ2) is 9.36. The maximum Gasteiger partial charge on any atom is 0.0451 e. The second-order valence-corrected chi connectivity index (χ2v) is 6.28. The van der Waals surface area contributed by atoms with Crippen LogP contribution < -0.4 is 15.5 Å². The Morgan fingerprint density at radius 1 is 0.783 bits per heavy atom. The van der Waals surface area contributed by atoms with E-state index in [-0.39, 0.29) is 7.43 Å². The molecule has 0 spiro atoms. The molecule has 2 aromatic rings. The summed E-state index contributed by atoms with van der Waals surface area (Å²) in [6.45, 7) is 4.27. The zero-order valence-corrected chi connectivity index (χ0v) is 15.3. The molecule has 0 saturated carbocycles. The standard InChI is InChI=1S/C10H15N.C8H12N2S.CH4/c1-8-5-6-10(11(3)4)7-9(8)2;1-10(2)6-3-4-7(9)8(11)5-6;/h5-7H,1-4H3;3-5,11H,9H2,1-2H3;1H4. The van der Waals surface area contributed by atoms with Gasteiger partial charge in [-0.15, -0.1) is 12.6 Å². The predicted octanol–water partition coefficient (Wildman–Crippen LogP) is 4.63. The Hall–Kier alpha value is -1.81. The summed E-state index contributed by atoms with van der Waals surface area (Å²) in [4.78, 5) is 4.96. The fourth-order valence-electron chi connectivity index (χ4n) is 1.81. The molecule has 0 radical (unpaired) electrons. The molecule has 128 valence electrons. The van der Waals surface area contributed by atoms with E-state index in [0.29, 0.717) is 0 Å². The van der Waals surface area contributed by atoms with Crippen LogP contribution in [0.5, 0.6) is 0 Å². The number of hydrogen-bond donors (Lipinski definition) is 2. The van der Waals surface area contributed by atoms with Crippen LogP contribution in [0.2, 0.25) is 0 Å². The van der Waals surface area contributed by atoms with Gasteiger partial charge in [-0.05, 0) is 55.3 Å². The number of nitrogens with two attached hydrogens (primary N) is 1. The number of rotatable bonds is 2. The van der Waals surface area contributed by atoms with Crippen LogP contribution in [0.3, 0.4) is 0 Å². The topological polar surface area (TPSA) is 32.5 Å². The predicted molar refractivity (Wildman–Crippen MR) is 109 cm³/mol. The van der Waals surface area contributed by atoms with Crippen LogP contribution in [0, 0.1) is 13.8 Å². The molecule has 0 atom stereocenters. The Morgan fingerprint density at radius 3 is 1.70 bits per heavy atom. The Kier molecular flexibility index (Phi) is 8.62. The molecule has 0 fully saturated rings. The maximum absolute atomic E-state index is 5.59. The highest BCUT2D eigenvalue weighted by atomic mass is 32.1. The van der Waals surface area contributed by atoms with E-state index in [9.17, 15) is 0 Å². The lowest BCUT2D eigenvalue weighted by Crippen LogP contribution is -2.08. The quantitative estimate of drug-likeness (QED) is 0.621. The lowest BCUT2D eigenvalue weighted by atomic mass is 10.1. The third-order valence-corrected chi connectivity index (χ3v) is 3.92. The summed E-state index contributed by atoms with van der Waals surface area (Å²) < 4.78 is 0. The lowest BCUT2D eigenvalue weighted by molar-refractivity contribution is 1.12. The maximum atomic E-state index is 5.59. The summed E-state index contributed by atoms with van der Waals surface area (Å²) in [7, 11) is 8.09. The van der Waals surface area contributed by atoms with Gasteiger partial charge in [-0.25, -0.2) is 0 Å². The van der Waals surface area contributed by atoms with Gasteiger partial charge in [-0.2, -0.15) is 0 Å². The van der Waals surface area contributed by atoms with Crippen molar-refractivity contribution in [2.24, 2.45) is 0 Å². The molecule has 0 aliphatic carbocycles. The number of thiol groups is 1. The minimum atomic E-state index is 0. The molecule has 0 aliphatic heterocycles. The molecule has 23 heavy (non-hydrogen) atoms. The molecule has 2 aromatic carbocycles. The van der Waals surface area contributed by atoms with Crippen molar-refractivity contribution in [2.75, 3.05) is 43.7 Å². The van der Waals surface area contributed by atoms with E-state index in [1.807, 2.05) is 37.2 Å². The molecule has 2 N–H and O–H groups in total. The van der Waals surface area contributed by atoms with Crippen LogP contribution in [0.4, 0.5) is 17.1 Å². The van der Waals surface area contributed by atoms with E-state index < -0.39 is 0 Å². The molecule has 2 rings (SSSR count). The molecule has 3 nitrogen and oxygen atoms in total. The minimum Gasteiger partial charge on any atom is -0.398 e. The van der Waals surface area contributed by atoms with Gasteiger partial charge in [0.15, 0.2) is 0 Å². The summed E-state index contributed by atoms with van der Waals surface area (Å²) >= 11 is 4.21. The highest BCUT2D eigenvalue weighted by Crippen LogP contribution is 2.22. The summed E-state index contributed by atoms with van der Waals surface area (Å²) in [5, 5.41) is 0. The molecule has 0 aliphatic rings. The number of benzene rings is 2. The summed E-state index contributed by atoms with van der Waals surface area (Å²) in [6.07, 6.45) is 0. The number of aryl methyl sites for hydroxylation is 2. The monoisotopic (exact) mass is 333 g/mol. The summed E-state index contributed by atoms with van der Waals surface area (Å²) in [6, 6.07) is 12.3. The first-order valence-corrected chi connectivity index (χ1v) is 7.67. The Bertz CT molecular complexity index is 567. The Labute approximate surface area is 147 Å². The van der Waals surface area contributed by atoms with Crippen LogP contribution >= 0.6 is 12.6 Å².